The molecule has 1 heterocycles. The summed E-state index contributed by atoms with van der Waals surface area (Å²) in [5, 5.41) is 31.4. The normalized spacial score (nSPS) is 18.8. The molecule has 12 heteroatoms. The van der Waals surface area contributed by atoms with Crippen LogP contribution in [-0.4, -0.2) is 89.2 Å². The van der Waals surface area contributed by atoms with E-state index in [1.165, 1.54) is 70.6 Å². The molecule has 1 aliphatic rings. The quantitative estimate of drug-likeness (QED) is 0.0228. The van der Waals surface area contributed by atoms with Crippen LogP contribution in [0.15, 0.2) is 72.9 Å². The summed E-state index contributed by atoms with van der Waals surface area (Å²) in [6.45, 7) is 5.80. The number of ether oxygens (including phenoxy) is 5. The van der Waals surface area contributed by atoms with Crippen LogP contribution in [-0.2, 0) is 42.9 Å². The Morgan fingerprint density at radius 1 is 0.466 bits per heavy atom. The average Bonchev–Trinajstić information content (AvgIpc) is 3.37. The molecular formula is C61H102O12. The first-order chi connectivity index (χ1) is 35.6. The van der Waals surface area contributed by atoms with E-state index in [1.807, 2.05) is 0 Å². The minimum absolute atomic E-state index is 0.0419. The van der Waals surface area contributed by atoms with Gasteiger partial charge >= 0.3 is 23.9 Å². The van der Waals surface area contributed by atoms with Crippen LogP contribution in [0.4, 0.5) is 0 Å². The summed E-state index contributed by atoms with van der Waals surface area (Å²) >= 11 is 0. The molecule has 0 aromatic rings. The van der Waals surface area contributed by atoms with Gasteiger partial charge in [0.15, 0.2) is 24.6 Å². The Hall–Kier alpha value is -3.84. The van der Waals surface area contributed by atoms with E-state index in [-0.39, 0.29) is 25.9 Å². The highest BCUT2D eigenvalue weighted by Gasteiger charge is 2.50. The zero-order valence-corrected chi connectivity index (χ0v) is 45.9. The third kappa shape index (κ3) is 39.3. The fourth-order valence-electron chi connectivity index (χ4n) is 8.33. The second-order valence-electron chi connectivity index (χ2n) is 19.5. The Balaban J connectivity index is 2.69. The monoisotopic (exact) mass is 1030 g/mol. The van der Waals surface area contributed by atoms with Gasteiger partial charge < -0.3 is 39.0 Å². The van der Waals surface area contributed by atoms with E-state index in [2.05, 4.69) is 93.7 Å². The molecule has 0 radical (unpaired) electrons. The van der Waals surface area contributed by atoms with Crippen molar-refractivity contribution >= 4 is 23.9 Å². The van der Waals surface area contributed by atoms with Gasteiger partial charge in [0.2, 0.25) is 0 Å². The van der Waals surface area contributed by atoms with Gasteiger partial charge in [0.05, 0.1) is 6.61 Å². The topological polar surface area (TPSA) is 175 Å². The first-order valence-electron chi connectivity index (χ1n) is 28.9. The second-order valence-corrected chi connectivity index (χ2v) is 19.5. The molecule has 6 atom stereocenters. The van der Waals surface area contributed by atoms with Crippen LogP contribution in [0.3, 0.4) is 0 Å². The number of aliphatic hydroxyl groups is 2. The van der Waals surface area contributed by atoms with Gasteiger partial charge in [0.25, 0.3) is 0 Å². The first kappa shape index (κ1) is 67.2. The van der Waals surface area contributed by atoms with Crippen molar-refractivity contribution in [3.63, 3.8) is 0 Å². The van der Waals surface area contributed by atoms with Crippen LogP contribution in [0.25, 0.3) is 0 Å². The molecule has 73 heavy (non-hydrogen) atoms. The third-order valence-corrected chi connectivity index (χ3v) is 12.8. The molecule has 1 saturated heterocycles. The number of unbranched alkanes of at least 4 members (excludes halogenated alkanes) is 22. The van der Waals surface area contributed by atoms with E-state index in [0.717, 1.165) is 109 Å². The number of carbonyl (C=O) groups excluding carboxylic acids is 3. The molecule has 0 aromatic carbocycles. The van der Waals surface area contributed by atoms with Crippen molar-refractivity contribution < 1.29 is 58.2 Å². The van der Waals surface area contributed by atoms with Crippen molar-refractivity contribution in [1.29, 1.82) is 0 Å². The number of hydrogen-bond donors (Lipinski definition) is 3. The lowest BCUT2D eigenvalue weighted by Crippen LogP contribution is -2.61. The Bertz CT molecular complexity index is 1550. The van der Waals surface area contributed by atoms with Gasteiger partial charge in [0.1, 0.15) is 18.8 Å². The number of carboxylic acid groups (broad SMARTS) is 1. The summed E-state index contributed by atoms with van der Waals surface area (Å²) in [5.74, 6) is -3.17. The molecule has 6 unspecified atom stereocenters. The first-order valence-corrected chi connectivity index (χ1v) is 28.9. The number of aliphatic hydroxyl groups excluding tert-OH is 2. The van der Waals surface area contributed by atoms with Gasteiger partial charge in [-0.15, -0.1) is 0 Å². The van der Waals surface area contributed by atoms with Gasteiger partial charge in [-0.05, 0) is 89.9 Å². The largest absolute Gasteiger partial charge is 0.479 e. The minimum Gasteiger partial charge on any atom is -0.479 e. The van der Waals surface area contributed by atoms with E-state index in [0.29, 0.717) is 19.3 Å². The summed E-state index contributed by atoms with van der Waals surface area (Å²) in [6, 6.07) is 0. The molecule has 3 N–H and O–H groups in total. The number of aliphatic carboxylic acids is 1. The number of rotatable bonds is 48. The van der Waals surface area contributed by atoms with Gasteiger partial charge in [0, 0.05) is 19.3 Å². The second kappa shape index (κ2) is 49.1. The zero-order valence-electron chi connectivity index (χ0n) is 45.9. The van der Waals surface area contributed by atoms with Crippen molar-refractivity contribution in [2.24, 2.45) is 0 Å². The van der Waals surface area contributed by atoms with Crippen LogP contribution in [0.2, 0.25) is 0 Å². The number of carboxylic acids is 1. The maximum atomic E-state index is 13.1. The molecule has 1 fully saturated rings. The molecule has 12 nitrogen and oxygen atoms in total. The third-order valence-electron chi connectivity index (χ3n) is 12.8. The smallest absolute Gasteiger partial charge is 0.335 e. The Morgan fingerprint density at radius 3 is 1.36 bits per heavy atom. The highest BCUT2D eigenvalue weighted by molar-refractivity contribution is 5.74. The minimum atomic E-state index is -1.91. The summed E-state index contributed by atoms with van der Waals surface area (Å²) in [6.07, 6.45) is 48.8. The molecule has 0 aliphatic carbocycles. The van der Waals surface area contributed by atoms with Crippen LogP contribution < -0.4 is 0 Å². The van der Waals surface area contributed by atoms with Crippen LogP contribution in [0.1, 0.15) is 239 Å². The molecular weight excluding hydrogens is 925 g/mol. The number of hydrogen-bond acceptors (Lipinski definition) is 11. The van der Waals surface area contributed by atoms with E-state index in [1.54, 1.807) is 0 Å². The summed E-state index contributed by atoms with van der Waals surface area (Å²) in [4.78, 5) is 51.0. The van der Waals surface area contributed by atoms with Crippen LogP contribution in [0, 0.1) is 0 Å². The fourth-order valence-corrected chi connectivity index (χ4v) is 8.33. The summed E-state index contributed by atoms with van der Waals surface area (Å²) in [5.41, 5.74) is 0. The predicted octanol–water partition coefficient (Wildman–Crippen LogP) is 14.6. The molecule has 0 saturated carbocycles. The van der Waals surface area contributed by atoms with Gasteiger partial charge in [-0.3, -0.25) is 14.4 Å². The van der Waals surface area contributed by atoms with Crippen molar-refractivity contribution in [3.8, 4) is 0 Å². The van der Waals surface area contributed by atoms with E-state index in [4.69, 9.17) is 23.7 Å². The fraction of sp³-hybridized carbons (Fsp3) is 0.738. The molecule has 1 rings (SSSR count). The van der Waals surface area contributed by atoms with Crippen molar-refractivity contribution in [2.75, 3.05) is 13.2 Å². The number of allylic oxidation sites excluding steroid dienone is 12. The van der Waals surface area contributed by atoms with Crippen molar-refractivity contribution in [2.45, 2.75) is 276 Å². The predicted molar refractivity (Wildman–Crippen MR) is 294 cm³/mol. The summed E-state index contributed by atoms with van der Waals surface area (Å²) in [7, 11) is 0. The van der Waals surface area contributed by atoms with Gasteiger partial charge in [-0.2, -0.15) is 0 Å². The van der Waals surface area contributed by atoms with E-state index >= 15 is 0 Å². The van der Waals surface area contributed by atoms with Crippen molar-refractivity contribution in [1.82, 2.24) is 0 Å². The molecule has 0 amide bonds. The molecule has 1 aliphatic heterocycles. The molecule has 0 aromatic heterocycles. The Kier molecular flexibility index (Phi) is 45.1. The van der Waals surface area contributed by atoms with Crippen LogP contribution >= 0.6 is 0 Å². The average molecular weight is 1030 g/mol. The van der Waals surface area contributed by atoms with E-state index < -0.39 is 67.3 Å². The lowest BCUT2D eigenvalue weighted by atomic mass is 9.98. The Labute approximate surface area is 442 Å². The number of esters is 3. The van der Waals surface area contributed by atoms with Crippen LogP contribution in [0.5, 0.6) is 0 Å². The highest BCUT2D eigenvalue weighted by Crippen LogP contribution is 2.26. The maximum absolute atomic E-state index is 13.1. The zero-order chi connectivity index (χ0) is 53.3. The Morgan fingerprint density at radius 2 is 0.863 bits per heavy atom. The SMILES string of the molecule is CC/C=C\C/C=C\C/C=C\CCCCCC(=O)OCC(COC1OC(C(=O)O)C(O)C(O)C1OC(=O)CCCCCCCC/C=C\C/C=C\C/C=C\CCCCC)OC(=O)CCCCCCCCCCCCC. The number of carbonyl (C=O) groups is 4. The standard InChI is InChI=1S/C61H102O12/c1-4-7-10-13-16-19-22-24-25-26-27-28-29-31-34-37-40-43-46-49-55(64)72-59-57(66)56(65)58(60(67)68)73-61(59)70-51-52(71-54(63)48-45-42-39-36-32-21-18-15-12-9-6-3)50-69-53(62)47-44-41-38-35-33-30-23-20-17-14-11-8-5-2/h8,11,16-17,19-20,24-25,27-28,30,33,52,56-59,61,65-66H,4-7,9-10,12-15,18,21-23,26,29,31-32,34-51H2,1-3H3,(H,67,68)/b11-8-,19-16-,20-17-,25-24-,28-27-,33-30-. The molecule has 418 valence electrons. The van der Waals surface area contributed by atoms with Crippen molar-refractivity contribution in [3.05, 3.63) is 72.9 Å². The molecule has 0 bridgehead atoms. The lowest BCUT2D eigenvalue weighted by Gasteiger charge is -2.40. The van der Waals surface area contributed by atoms with Gasteiger partial charge in [-0.1, -0.05) is 203 Å². The highest BCUT2D eigenvalue weighted by atomic mass is 16.7. The lowest BCUT2D eigenvalue weighted by molar-refractivity contribution is -0.301. The van der Waals surface area contributed by atoms with E-state index in [9.17, 15) is 34.5 Å². The summed E-state index contributed by atoms with van der Waals surface area (Å²) < 4.78 is 28.3. The molecule has 0 spiro atoms. The van der Waals surface area contributed by atoms with Gasteiger partial charge in [-0.25, -0.2) is 4.79 Å². The maximum Gasteiger partial charge on any atom is 0.335 e.